The van der Waals surface area contributed by atoms with Gasteiger partial charge in [0.25, 0.3) is 5.56 Å². The Kier molecular flexibility index (Phi) is 5.88. The molecule has 8 nitrogen and oxygen atoms in total. The van der Waals surface area contributed by atoms with Gasteiger partial charge in [-0.2, -0.15) is 0 Å². The van der Waals surface area contributed by atoms with Crippen molar-refractivity contribution in [2.45, 2.75) is 37.8 Å². The van der Waals surface area contributed by atoms with Crippen LogP contribution in [0.25, 0.3) is 33.3 Å². The Morgan fingerprint density at radius 1 is 1.03 bits per heavy atom. The van der Waals surface area contributed by atoms with Crippen LogP contribution in [0.3, 0.4) is 0 Å². The summed E-state index contributed by atoms with van der Waals surface area (Å²) in [5, 5.41) is 5.16. The van der Waals surface area contributed by atoms with E-state index in [4.69, 9.17) is 27.1 Å². The molecule has 0 radical (unpaired) electrons. The first-order valence-corrected chi connectivity index (χ1v) is 12.6. The van der Waals surface area contributed by atoms with Crippen LogP contribution in [-0.2, 0) is 4.74 Å². The third kappa shape index (κ3) is 4.37. The van der Waals surface area contributed by atoms with Crippen LogP contribution < -0.4 is 21.5 Å². The predicted molar refractivity (Wildman–Crippen MR) is 142 cm³/mol. The number of imidazole rings is 1. The minimum absolute atomic E-state index is 0.192. The number of rotatable bonds is 4. The van der Waals surface area contributed by atoms with Crippen molar-refractivity contribution in [3.05, 3.63) is 51.8 Å². The highest BCUT2D eigenvalue weighted by Crippen LogP contribution is 2.35. The molecule has 9 heteroatoms. The van der Waals surface area contributed by atoms with Crippen LogP contribution in [-0.4, -0.2) is 53.3 Å². The van der Waals surface area contributed by atoms with Gasteiger partial charge >= 0.3 is 0 Å². The SMILES string of the molecule is NC1CCC(Nc2c(-c3nc4cc(N5CCOCC5)ccc4[nH]3)c(=O)[nH]c3ccc(Cl)cc23)CC1. The van der Waals surface area contributed by atoms with Crippen LogP contribution in [0.2, 0.25) is 5.02 Å². The minimum Gasteiger partial charge on any atom is -0.381 e. The summed E-state index contributed by atoms with van der Waals surface area (Å²) in [4.78, 5) is 27.0. The molecule has 6 rings (SSSR count). The van der Waals surface area contributed by atoms with E-state index in [1.807, 2.05) is 18.2 Å². The first kappa shape index (κ1) is 22.4. The maximum absolute atomic E-state index is 13.4. The van der Waals surface area contributed by atoms with Crippen LogP contribution in [0.1, 0.15) is 25.7 Å². The van der Waals surface area contributed by atoms with E-state index in [2.05, 4.69) is 32.3 Å². The van der Waals surface area contributed by atoms with Gasteiger partial charge in [-0.25, -0.2) is 4.98 Å². The Balaban J connectivity index is 1.46. The molecule has 0 bridgehead atoms. The van der Waals surface area contributed by atoms with Gasteiger partial charge in [-0.05, 0) is 62.1 Å². The molecule has 5 N–H and O–H groups in total. The zero-order chi connectivity index (χ0) is 23.9. The zero-order valence-electron chi connectivity index (χ0n) is 19.4. The van der Waals surface area contributed by atoms with E-state index in [0.717, 1.165) is 85.3 Å². The molecule has 1 saturated carbocycles. The topological polar surface area (TPSA) is 112 Å². The van der Waals surface area contributed by atoms with Crippen molar-refractivity contribution in [3.63, 3.8) is 0 Å². The molecule has 0 amide bonds. The lowest BCUT2D eigenvalue weighted by molar-refractivity contribution is 0.122. The van der Waals surface area contributed by atoms with Crippen molar-refractivity contribution < 1.29 is 4.74 Å². The van der Waals surface area contributed by atoms with E-state index in [1.54, 1.807) is 6.07 Å². The predicted octanol–water partition coefficient (Wildman–Crippen LogP) is 4.24. The molecule has 2 fully saturated rings. The number of hydrogen-bond acceptors (Lipinski definition) is 6. The van der Waals surface area contributed by atoms with Crippen molar-refractivity contribution in [1.29, 1.82) is 0 Å². The van der Waals surface area contributed by atoms with Gasteiger partial charge in [0.15, 0.2) is 0 Å². The average Bonchev–Trinajstić information content (AvgIpc) is 3.29. The van der Waals surface area contributed by atoms with Gasteiger partial charge in [0.05, 0.1) is 35.5 Å². The molecule has 1 saturated heterocycles. The lowest BCUT2D eigenvalue weighted by atomic mass is 9.91. The molecule has 2 aliphatic rings. The summed E-state index contributed by atoms with van der Waals surface area (Å²) in [6, 6.07) is 12.2. The van der Waals surface area contributed by atoms with Gasteiger partial charge in [0.1, 0.15) is 11.4 Å². The third-order valence-electron chi connectivity index (χ3n) is 7.18. The lowest BCUT2D eigenvalue weighted by Gasteiger charge is -2.28. The molecule has 4 aromatic rings. The summed E-state index contributed by atoms with van der Waals surface area (Å²) >= 11 is 6.37. The molecular formula is C26H29ClN6O2. The third-order valence-corrected chi connectivity index (χ3v) is 7.41. The van der Waals surface area contributed by atoms with Crippen LogP contribution in [0.15, 0.2) is 41.2 Å². The smallest absolute Gasteiger partial charge is 0.261 e. The maximum atomic E-state index is 13.4. The van der Waals surface area contributed by atoms with Crippen LogP contribution >= 0.6 is 11.6 Å². The number of halogens is 1. The fourth-order valence-corrected chi connectivity index (χ4v) is 5.41. The molecule has 182 valence electrons. The number of H-pyrrole nitrogens is 2. The molecular weight excluding hydrogens is 464 g/mol. The van der Waals surface area contributed by atoms with Crippen molar-refractivity contribution in [3.8, 4) is 11.4 Å². The number of hydrogen-bond donors (Lipinski definition) is 4. The summed E-state index contributed by atoms with van der Waals surface area (Å²) in [6.45, 7) is 3.15. The van der Waals surface area contributed by atoms with E-state index in [0.29, 0.717) is 16.4 Å². The fraction of sp³-hybridized carbons (Fsp3) is 0.385. The Morgan fingerprint density at radius 2 is 1.80 bits per heavy atom. The summed E-state index contributed by atoms with van der Waals surface area (Å²) < 4.78 is 5.48. The van der Waals surface area contributed by atoms with E-state index >= 15 is 0 Å². The Bertz CT molecular complexity index is 1430. The second-order valence-corrected chi connectivity index (χ2v) is 9.97. The van der Waals surface area contributed by atoms with Gasteiger partial charge in [-0.15, -0.1) is 0 Å². The quantitative estimate of drug-likeness (QED) is 0.339. The maximum Gasteiger partial charge on any atom is 0.261 e. The minimum atomic E-state index is -0.192. The summed E-state index contributed by atoms with van der Waals surface area (Å²) in [6.07, 6.45) is 3.84. The molecule has 2 aromatic heterocycles. The highest BCUT2D eigenvalue weighted by atomic mass is 35.5. The normalized spacial score (nSPS) is 21.0. The van der Waals surface area contributed by atoms with Crippen LogP contribution in [0.4, 0.5) is 11.4 Å². The Labute approximate surface area is 207 Å². The number of morpholine rings is 1. The largest absolute Gasteiger partial charge is 0.381 e. The van der Waals surface area contributed by atoms with Crippen molar-refractivity contribution in [2.24, 2.45) is 5.73 Å². The number of aromatic nitrogens is 3. The monoisotopic (exact) mass is 492 g/mol. The summed E-state index contributed by atoms with van der Waals surface area (Å²) in [5.41, 5.74) is 10.8. The van der Waals surface area contributed by atoms with Crippen LogP contribution in [0.5, 0.6) is 0 Å². The Morgan fingerprint density at radius 3 is 2.60 bits per heavy atom. The van der Waals surface area contributed by atoms with Crippen LogP contribution in [0, 0.1) is 0 Å². The van der Waals surface area contributed by atoms with E-state index in [1.165, 1.54) is 0 Å². The zero-order valence-corrected chi connectivity index (χ0v) is 20.2. The van der Waals surface area contributed by atoms with E-state index in [9.17, 15) is 4.79 Å². The summed E-state index contributed by atoms with van der Waals surface area (Å²) in [5.74, 6) is 0.539. The highest BCUT2D eigenvalue weighted by Gasteiger charge is 2.24. The number of ether oxygens (including phenoxy) is 1. The second-order valence-electron chi connectivity index (χ2n) is 9.54. The van der Waals surface area contributed by atoms with Gasteiger partial charge in [-0.1, -0.05) is 11.6 Å². The molecule has 3 heterocycles. The number of nitrogens with zero attached hydrogens (tertiary/aromatic N) is 2. The standard InChI is InChI=1S/C26H29ClN6O2/c27-15-1-7-20-19(13-15)24(29-17-4-2-16(28)3-5-17)23(26(34)32-20)25-30-21-8-6-18(14-22(21)31-25)33-9-11-35-12-10-33/h1,6-8,13-14,16-17H,2-5,9-12,28H2,(H,30,31)(H2,29,32,34). The van der Waals surface area contributed by atoms with E-state index < -0.39 is 0 Å². The summed E-state index contributed by atoms with van der Waals surface area (Å²) in [7, 11) is 0. The van der Waals surface area contributed by atoms with Gasteiger partial charge in [-0.3, -0.25) is 4.79 Å². The number of pyridine rings is 1. The van der Waals surface area contributed by atoms with Crippen molar-refractivity contribution in [2.75, 3.05) is 36.5 Å². The number of fused-ring (bicyclic) bond motifs is 2. The van der Waals surface area contributed by atoms with Gasteiger partial charge in [0.2, 0.25) is 0 Å². The van der Waals surface area contributed by atoms with Crippen molar-refractivity contribution >= 4 is 44.9 Å². The molecule has 0 atom stereocenters. The molecule has 35 heavy (non-hydrogen) atoms. The fourth-order valence-electron chi connectivity index (χ4n) is 5.24. The molecule has 2 aromatic carbocycles. The number of nitrogens with one attached hydrogen (secondary N) is 3. The molecule has 1 aliphatic carbocycles. The van der Waals surface area contributed by atoms with Crippen molar-refractivity contribution in [1.82, 2.24) is 15.0 Å². The lowest BCUT2D eigenvalue weighted by Crippen LogP contribution is -2.36. The number of benzene rings is 2. The molecule has 1 aliphatic heterocycles. The number of anilines is 2. The average molecular weight is 493 g/mol. The molecule has 0 unspecified atom stereocenters. The van der Waals surface area contributed by atoms with Gasteiger partial charge < -0.3 is 30.7 Å². The van der Waals surface area contributed by atoms with Gasteiger partial charge in [0, 0.05) is 41.3 Å². The molecule has 0 spiro atoms. The first-order chi connectivity index (χ1) is 17.0. The van der Waals surface area contributed by atoms with E-state index in [-0.39, 0.29) is 17.6 Å². The highest BCUT2D eigenvalue weighted by molar-refractivity contribution is 6.31. The number of aromatic amines is 2. The number of nitrogens with two attached hydrogens (primary N) is 1. The Hall–Kier alpha value is -3.07. The first-order valence-electron chi connectivity index (χ1n) is 12.3. The second kappa shape index (κ2) is 9.18.